The minimum atomic E-state index is 0.402. The van der Waals surface area contributed by atoms with E-state index in [2.05, 4.69) is 31.0 Å². The maximum Gasteiger partial charge on any atom is 0.274 e. The van der Waals surface area contributed by atoms with Crippen LogP contribution < -0.4 is 4.74 Å². The Kier molecular flexibility index (Phi) is 3.57. The van der Waals surface area contributed by atoms with Gasteiger partial charge in [-0.2, -0.15) is 0 Å². The van der Waals surface area contributed by atoms with E-state index in [1.54, 1.807) is 23.3 Å². The summed E-state index contributed by atoms with van der Waals surface area (Å²) >= 11 is 5.25. The summed E-state index contributed by atoms with van der Waals surface area (Å²) in [6.45, 7) is 4.63. The summed E-state index contributed by atoms with van der Waals surface area (Å²) in [6.07, 6.45) is 7.47. The zero-order valence-corrected chi connectivity index (χ0v) is 12.6. The lowest BCUT2D eigenvalue weighted by atomic mass is 9.77. The molecular weight excluding hydrogens is 268 g/mol. The molecule has 1 heterocycles. The number of ether oxygens (including phenoxy) is 1. The van der Waals surface area contributed by atoms with Crippen LogP contribution in [0.1, 0.15) is 37.3 Å². The van der Waals surface area contributed by atoms with Crippen LogP contribution in [-0.2, 0) is 6.42 Å². The fraction of sp³-hybridized carbons (Fsp3) is 0.375. The lowest BCUT2D eigenvalue weighted by Crippen LogP contribution is -2.17. The minimum absolute atomic E-state index is 0.402. The smallest absolute Gasteiger partial charge is 0.274 e. The van der Waals surface area contributed by atoms with Gasteiger partial charge in [-0.15, -0.1) is 0 Å². The molecule has 0 saturated carbocycles. The van der Waals surface area contributed by atoms with E-state index < -0.39 is 0 Å². The first-order valence-electron chi connectivity index (χ1n) is 6.98. The number of hydrogen-bond acceptors (Lipinski definition) is 3. The Morgan fingerprint density at radius 1 is 1.40 bits per heavy atom. The number of fused-ring (bicyclic) bond motifs is 1. The molecule has 1 aliphatic carbocycles. The Morgan fingerprint density at radius 3 is 3.00 bits per heavy atom. The Morgan fingerprint density at radius 2 is 2.25 bits per heavy atom. The normalized spacial score (nSPS) is 21.3. The molecule has 0 amide bonds. The molecule has 0 aliphatic heterocycles. The highest BCUT2D eigenvalue weighted by molar-refractivity contribution is 7.80. The second-order valence-corrected chi connectivity index (χ2v) is 5.85. The summed E-state index contributed by atoms with van der Waals surface area (Å²) in [5.41, 5.74) is 2.84. The molecule has 1 aliphatic rings. The van der Waals surface area contributed by atoms with Crippen LogP contribution in [0.15, 0.2) is 36.9 Å². The summed E-state index contributed by atoms with van der Waals surface area (Å²) < 4.78 is 7.44. The van der Waals surface area contributed by atoms with Gasteiger partial charge in [-0.1, -0.05) is 19.9 Å². The van der Waals surface area contributed by atoms with Gasteiger partial charge in [-0.25, -0.2) is 4.98 Å². The average Bonchev–Trinajstić information content (AvgIpc) is 2.97. The van der Waals surface area contributed by atoms with Gasteiger partial charge in [0, 0.05) is 12.4 Å². The van der Waals surface area contributed by atoms with E-state index in [-0.39, 0.29) is 0 Å². The topological polar surface area (TPSA) is 27.1 Å². The molecule has 104 valence electrons. The Balaban J connectivity index is 1.81. The van der Waals surface area contributed by atoms with Gasteiger partial charge in [0.1, 0.15) is 12.1 Å². The maximum atomic E-state index is 5.74. The molecule has 4 heteroatoms. The van der Waals surface area contributed by atoms with Crippen LogP contribution in [0, 0.1) is 5.92 Å². The summed E-state index contributed by atoms with van der Waals surface area (Å²) in [7, 11) is 0. The third-order valence-corrected chi connectivity index (χ3v) is 4.54. The van der Waals surface area contributed by atoms with Gasteiger partial charge in [0.25, 0.3) is 5.17 Å². The van der Waals surface area contributed by atoms with E-state index in [0.717, 1.165) is 18.1 Å². The number of aromatic nitrogens is 2. The molecule has 1 aromatic carbocycles. The third-order valence-electron chi connectivity index (χ3n) is 4.25. The van der Waals surface area contributed by atoms with Crippen molar-refractivity contribution in [2.45, 2.75) is 32.6 Å². The highest BCUT2D eigenvalue weighted by Gasteiger charge is 2.23. The molecular formula is C16H18N2OS. The summed E-state index contributed by atoms with van der Waals surface area (Å²) in [6, 6.07) is 6.32. The molecule has 0 radical (unpaired) electrons. The van der Waals surface area contributed by atoms with Gasteiger partial charge in [-0.3, -0.25) is 4.57 Å². The Bertz CT molecular complexity index is 621. The number of hydrogen-bond donors (Lipinski definition) is 0. The van der Waals surface area contributed by atoms with Gasteiger partial charge < -0.3 is 4.74 Å². The zero-order valence-electron chi connectivity index (χ0n) is 11.7. The molecule has 0 N–H and O–H groups in total. The van der Waals surface area contributed by atoms with Gasteiger partial charge in [0.05, 0.1) is 0 Å². The monoisotopic (exact) mass is 286 g/mol. The second kappa shape index (κ2) is 5.37. The van der Waals surface area contributed by atoms with E-state index in [1.807, 2.05) is 6.07 Å². The van der Waals surface area contributed by atoms with E-state index in [1.165, 1.54) is 17.5 Å². The predicted molar refractivity (Wildman–Crippen MR) is 83.2 cm³/mol. The highest BCUT2D eigenvalue weighted by atomic mass is 32.1. The molecule has 2 aromatic rings. The molecule has 0 bridgehead atoms. The molecule has 0 fully saturated rings. The summed E-state index contributed by atoms with van der Waals surface area (Å²) in [5, 5.41) is 0.402. The number of thiocarbonyl (C=S) groups is 1. The lowest BCUT2D eigenvalue weighted by Gasteiger charge is -2.28. The van der Waals surface area contributed by atoms with Crippen molar-refractivity contribution in [3.05, 3.63) is 48.0 Å². The van der Waals surface area contributed by atoms with Crippen molar-refractivity contribution in [2.75, 3.05) is 0 Å². The minimum Gasteiger partial charge on any atom is -0.431 e. The molecule has 0 saturated heterocycles. The highest BCUT2D eigenvalue weighted by Crippen LogP contribution is 2.37. The summed E-state index contributed by atoms with van der Waals surface area (Å²) in [4.78, 5) is 3.97. The van der Waals surface area contributed by atoms with E-state index in [4.69, 9.17) is 17.0 Å². The van der Waals surface area contributed by atoms with E-state index in [9.17, 15) is 0 Å². The standard InChI is InChI=1S/C16H18N2OS/c1-11-3-4-13-9-14(5-6-15(13)12(11)2)19-16(20)18-8-7-17-10-18/h5-12H,3-4H2,1-2H3. The molecule has 3 rings (SSSR count). The summed E-state index contributed by atoms with van der Waals surface area (Å²) in [5.74, 6) is 2.18. The average molecular weight is 286 g/mol. The number of benzene rings is 1. The predicted octanol–water partition coefficient (Wildman–Crippen LogP) is 3.78. The fourth-order valence-corrected chi connectivity index (χ4v) is 2.97. The molecule has 1 aromatic heterocycles. The molecule has 0 spiro atoms. The molecule has 2 unspecified atom stereocenters. The van der Waals surface area contributed by atoms with Crippen molar-refractivity contribution in [3.63, 3.8) is 0 Å². The van der Waals surface area contributed by atoms with E-state index >= 15 is 0 Å². The maximum absolute atomic E-state index is 5.74. The zero-order chi connectivity index (χ0) is 14.1. The van der Waals surface area contributed by atoms with Crippen molar-refractivity contribution >= 4 is 17.4 Å². The largest absolute Gasteiger partial charge is 0.431 e. The van der Waals surface area contributed by atoms with Gasteiger partial charge in [0.15, 0.2) is 0 Å². The molecule has 3 nitrogen and oxygen atoms in total. The Hall–Kier alpha value is -1.68. The van der Waals surface area contributed by atoms with Crippen LogP contribution in [0.2, 0.25) is 0 Å². The molecule has 20 heavy (non-hydrogen) atoms. The van der Waals surface area contributed by atoms with Crippen molar-refractivity contribution in [3.8, 4) is 5.75 Å². The first-order chi connectivity index (χ1) is 9.65. The first kappa shape index (κ1) is 13.3. The van der Waals surface area contributed by atoms with Crippen molar-refractivity contribution in [1.82, 2.24) is 9.55 Å². The van der Waals surface area contributed by atoms with Crippen molar-refractivity contribution in [2.24, 2.45) is 5.92 Å². The SMILES string of the molecule is CC1CCc2cc(OC(=S)n3ccnc3)ccc2C1C. The number of aryl methyl sites for hydroxylation is 1. The number of imidazole rings is 1. The first-order valence-corrected chi connectivity index (χ1v) is 7.39. The van der Waals surface area contributed by atoms with Crippen LogP contribution in [0.5, 0.6) is 5.75 Å². The van der Waals surface area contributed by atoms with Crippen molar-refractivity contribution < 1.29 is 4.74 Å². The number of nitrogens with zero attached hydrogens (tertiary/aromatic N) is 2. The quantitative estimate of drug-likeness (QED) is 0.746. The second-order valence-electron chi connectivity index (χ2n) is 5.50. The fourth-order valence-electron chi connectivity index (χ4n) is 2.77. The van der Waals surface area contributed by atoms with E-state index in [0.29, 0.717) is 11.1 Å². The van der Waals surface area contributed by atoms with Gasteiger partial charge in [0.2, 0.25) is 0 Å². The van der Waals surface area contributed by atoms with Crippen LogP contribution in [0.4, 0.5) is 0 Å². The van der Waals surface area contributed by atoms with Crippen molar-refractivity contribution in [1.29, 1.82) is 0 Å². The van der Waals surface area contributed by atoms with Gasteiger partial charge >= 0.3 is 0 Å². The molecule has 2 atom stereocenters. The third kappa shape index (κ3) is 2.48. The lowest BCUT2D eigenvalue weighted by molar-refractivity contribution is 0.424. The van der Waals surface area contributed by atoms with Gasteiger partial charge in [-0.05, 0) is 60.2 Å². The number of rotatable bonds is 1. The van der Waals surface area contributed by atoms with Crippen LogP contribution in [0.3, 0.4) is 0 Å². The van der Waals surface area contributed by atoms with Crippen LogP contribution in [-0.4, -0.2) is 14.7 Å². The Labute approximate surface area is 124 Å². The van der Waals surface area contributed by atoms with Crippen LogP contribution >= 0.6 is 12.2 Å². The van der Waals surface area contributed by atoms with Crippen LogP contribution in [0.25, 0.3) is 0 Å².